The van der Waals surface area contributed by atoms with Crippen LogP contribution in [0.3, 0.4) is 0 Å². The summed E-state index contributed by atoms with van der Waals surface area (Å²) in [7, 11) is 1.85. The van der Waals surface area contributed by atoms with Crippen molar-refractivity contribution in [3.8, 4) is 16.9 Å². The quantitative estimate of drug-likeness (QED) is 0.470. The molecule has 0 radical (unpaired) electrons. The van der Waals surface area contributed by atoms with E-state index in [0.717, 1.165) is 29.8 Å². The average molecular weight is 431 g/mol. The van der Waals surface area contributed by atoms with Crippen LogP contribution in [0, 0.1) is 0 Å². The van der Waals surface area contributed by atoms with Crippen molar-refractivity contribution in [2.75, 3.05) is 11.1 Å². The molecule has 8 heteroatoms. The molecule has 1 aliphatic carbocycles. The first-order chi connectivity index (χ1) is 15.2. The molecule has 0 spiro atoms. The molecular formula is C23H22N6OS. The first kappa shape index (κ1) is 19.6. The Bertz CT molecular complexity index is 1230. The topological polar surface area (TPSA) is 77.6 Å². The van der Waals surface area contributed by atoms with Crippen LogP contribution in [0.5, 0.6) is 0 Å². The second-order valence-corrected chi connectivity index (χ2v) is 8.50. The van der Waals surface area contributed by atoms with Gasteiger partial charge in [0.25, 0.3) is 0 Å². The zero-order chi connectivity index (χ0) is 21.2. The summed E-state index contributed by atoms with van der Waals surface area (Å²) in [5, 5.41) is 16.4. The third kappa shape index (κ3) is 4.11. The zero-order valence-electron chi connectivity index (χ0n) is 17.2. The van der Waals surface area contributed by atoms with Crippen molar-refractivity contribution in [2.45, 2.75) is 24.4 Å². The van der Waals surface area contributed by atoms with E-state index in [9.17, 15) is 4.79 Å². The molecule has 2 aromatic carbocycles. The van der Waals surface area contributed by atoms with Gasteiger partial charge >= 0.3 is 0 Å². The number of nitrogens with zero attached hydrogens (tertiary/aromatic N) is 5. The Hall–Kier alpha value is -3.39. The third-order valence-electron chi connectivity index (χ3n) is 5.37. The summed E-state index contributed by atoms with van der Waals surface area (Å²) in [5.74, 6) is 0.761. The van der Waals surface area contributed by atoms with Gasteiger partial charge in [-0.1, -0.05) is 42.1 Å². The number of carbonyl (C=O) groups excluding carboxylic acids is 1. The molecule has 5 rings (SSSR count). The highest BCUT2D eigenvalue weighted by Crippen LogP contribution is 2.30. The Morgan fingerprint density at radius 2 is 1.94 bits per heavy atom. The molecule has 0 fully saturated rings. The molecule has 0 atom stereocenters. The lowest BCUT2D eigenvalue weighted by molar-refractivity contribution is -0.113. The summed E-state index contributed by atoms with van der Waals surface area (Å²) in [4.78, 5) is 12.7. The number of hydrogen-bond donors (Lipinski definition) is 1. The van der Waals surface area contributed by atoms with Crippen LogP contribution in [0.4, 0.5) is 5.82 Å². The average Bonchev–Trinajstić information content (AvgIpc) is 3.52. The van der Waals surface area contributed by atoms with Crippen LogP contribution in [0.2, 0.25) is 0 Å². The van der Waals surface area contributed by atoms with E-state index in [0.29, 0.717) is 11.0 Å². The maximum Gasteiger partial charge on any atom is 0.236 e. The first-order valence-electron chi connectivity index (χ1n) is 10.2. The normalized spacial score (nSPS) is 12.7. The predicted octanol–water partition coefficient (Wildman–Crippen LogP) is 3.89. The maximum atomic E-state index is 12.7. The van der Waals surface area contributed by atoms with Gasteiger partial charge in [0, 0.05) is 18.7 Å². The zero-order valence-corrected chi connectivity index (χ0v) is 18.0. The number of aryl methyl sites for hydroxylation is 3. The molecule has 1 amide bonds. The monoisotopic (exact) mass is 430 g/mol. The summed E-state index contributed by atoms with van der Waals surface area (Å²) >= 11 is 1.35. The summed E-state index contributed by atoms with van der Waals surface area (Å²) in [6, 6.07) is 18.3. The Morgan fingerprint density at radius 3 is 2.74 bits per heavy atom. The van der Waals surface area contributed by atoms with Crippen LogP contribution in [-0.4, -0.2) is 36.2 Å². The minimum absolute atomic E-state index is 0.120. The van der Waals surface area contributed by atoms with E-state index in [1.54, 1.807) is 15.6 Å². The highest BCUT2D eigenvalue weighted by Gasteiger charge is 2.17. The largest absolute Gasteiger partial charge is 0.312 e. The maximum absolute atomic E-state index is 12.7. The smallest absolute Gasteiger partial charge is 0.236 e. The molecule has 0 saturated heterocycles. The molecule has 2 heterocycles. The number of amides is 1. The lowest BCUT2D eigenvalue weighted by atomic mass is 10.0. The second kappa shape index (κ2) is 8.39. The van der Waals surface area contributed by atoms with Crippen molar-refractivity contribution in [1.29, 1.82) is 0 Å². The third-order valence-corrected chi connectivity index (χ3v) is 6.41. The highest BCUT2D eigenvalue weighted by atomic mass is 32.2. The van der Waals surface area contributed by atoms with Crippen molar-refractivity contribution in [3.05, 3.63) is 72.1 Å². The van der Waals surface area contributed by atoms with Crippen LogP contribution < -0.4 is 5.32 Å². The van der Waals surface area contributed by atoms with E-state index >= 15 is 0 Å². The Kier molecular flexibility index (Phi) is 5.30. The number of carbonyl (C=O) groups is 1. The van der Waals surface area contributed by atoms with Gasteiger partial charge in [0.15, 0.2) is 5.16 Å². The molecule has 7 nitrogen and oxygen atoms in total. The van der Waals surface area contributed by atoms with E-state index in [2.05, 4.69) is 33.7 Å². The number of aromatic nitrogens is 5. The van der Waals surface area contributed by atoms with Gasteiger partial charge in [0.1, 0.15) is 12.1 Å². The van der Waals surface area contributed by atoms with E-state index in [4.69, 9.17) is 5.10 Å². The minimum Gasteiger partial charge on any atom is -0.312 e. The summed E-state index contributed by atoms with van der Waals surface area (Å²) in [5.41, 5.74) is 5.64. The number of benzene rings is 2. The Morgan fingerprint density at radius 1 is 1.10 bits per heavy atom. The Labute approximate surface area is 184 Å². The Balaban J connectivity index is 1.42. The van der Waals surface area contributed by atoms with Gasteiger partial charge in [-0.3, -0.25) is 4.79 Å². The number of thioether (sulfide) groups is 1. The number of fused-ring (bicyclic) bond motifs is 1. The lowest BCUT2D eigenvalue weighted by Gasteiger charge is -2.08. The van der Waals surface area contributed by atoms with E-state index in [1.165, 1.54) is 29.3 Å². The molecule has 0 aliphatic heterocycles. The van der Waals surface area contributed by atoms with E-state index in [1.807, 2.05) is 43.4 Å². The van der Waals surface area contributed by atoms with Crippen molar-refractivity contribution >= 4 is 23.5 Å². The van der Waals surface area contributed by atoms with Crippen LogP contribution in [0.15, 0.2) is 66.1 Å². The van der Waals surface area contributed by atoms with E-state index < -0.39 is 0 Å². The van der Waals surface area contributed by atoms with E-state index in [-0.39, 0.29) is 11.7 Å². The van der Waals surface area contributed by atoms with Crippen LogP contribution in [-0.2, 0) is 24.7 Å². The van der Waals surface area contributed by atoms with Gasteiger partial charge in [-0.2, -0.15) is 5.10 Å². The van der Waals surface area contributed by atoms with Gasteiger partial charge in [-0.25, -0.2) is 4.68 Å². The molecule has 1 N–H and O–H groups in total. The van der Waals surface area contributed by atoms with Crippen molar-refractivity contribution < 1.29 is 4.79 Å². The van der Waals surface area contributed by atoms with Gasteiger partial charge < -0.3 is 9.88 Å². The lowest BCUT2D eigenvalue weighted by Crippen LogP contribution is -2.17. The SMILES string of the molecule is Cn1cnnc1SCC(=O)Nc1cc(-c2ccc3c(c2)CCC3)nn1-c1ccccc1. The van der Waals surface area contributed by atoms with Crippen LogP contribution in [0.25, 0.3) is 16.9 Å². The van der Waals surface area contributed by atoms with Crippen molar-refractivity contribution in [3.63, 3.8) is 0 Å². The summed E-state index contributed by atoms with van der Waals surface area (Å²) in [6.07, 6.45) is 5.10. The standard InChI is InChI=1S/C23H22N6OS/c1-28-15-24-26-23(28)31-14-22(30)25-21-13-20(27-29(21)19-8-3-2-4-9-19)18-11-10-16-6-5-7-17(16)12-18/h2-4,8-13,15H,5-7,14H2,1H3,(H,25,30). The predicted molar refractivity (Wildman–Crippen MR) is 121 cm³/mol. The van der Waals surface area contributed by atoms with Crippen LogP contribution in [0.1, 0.15) is 17.5 Å². The van der Waals surface area contributed by atoms with Crippen molar-refractivity contribution in [1.82, 2.24) is 24.5 Å². The molecular weight excluding hydrogens is 408 g/mol. The number of para-hydroxylation sites is 1. The van der Waals surface area contributed by atoms with Gasteiger partial charge in [0.05, 0.1) is 17.1 Å². The van der Waals surface area contributed by atoms with Gasteiger partial charge in [-0.15, -0.1) is 10.2 Å². The molecule has 0 bridgehead atoms. The van der Waals surface area contributed by atoms with Crippen molar-refractivity contribution in [2.24, 2.45) is 7.05 Å². The number of anilines is 1. The molecule has 4 aromatic rings. The molecule has 0 unspecified atom stereocenters. The minimum atomic E-state index is -0.120. The molecule has 0 saturated carbocycles. The number of nitrogens with one attached hydrogen (secondary N) is 1. The fourth-order valence-corrected chi connectivity index (χ4v) is 4.51. The summed E-state index contributed by atoms with van der Waals surface area (Å²) in [6.45, 7) is 0. The number of hydrogen-bond acceptors (Lipinski definition) is 5. The van der Waals surface area contributed by atoms with Gasteiger partial charge in [0.2, 0.25) is 5.91 Å². The molecule has 156 valence electrons. The fraction of sp³-hybridized carbons (Fsp3) is 0.217. The van der Waals surface area contributed by atoms with Gasteiger partial charge in [-0.05, 0) is 48.6 Å². The molecule has 31 heavy (non-hydrogen) atoms. The highest BCUT2D eigenvalue weighted by molar-refractivity contribution is 7.99. The summed E-state index contributed by atoms with van der Waals surface area (Å²) < 4.78 is 3.57. The molecule has 1 aliphatic rings. The molecule has 2 aromatic heterocycles. The second-order valence-electron chi connectivity index (χ2n) is 7.56. The number of rotatable bonds is 6. The first-order valence-corrected chi connectivity index (χ1v) is 11.2. The fourth-order valence-electron chi connectivity index (χ4n) is 3.82. The van der Waals surface area contributed by atoms with Crippen LogP contribution >= 0.6 is 11.8 Å².